The molecule has 0 spiro atoms. The Morgan fingerprint density at radius 2 is 1.82 bits per heavy atom. The maximum atomic E-state index is 16.0. The van der Waals surface area contributed by atoms with Crippen LogP contribution in [0.2, 0.25) is 0 Å². The summed E-state index contributed by atoms with van der Waals surface area (Å²) in [6, 6.07) is 9.46. The van der Waals surface area contributed by atoms with Gasteiger partial charge in [0.25, 0.3) is 5.92 Å². The van der Waals surface area contributed by atoms with Gasteiger partial charge >= 0.3 is 6.09 Å². The predicted octanol–water partition coefficient (Wildman–Crippen LogP) is 9.89. The van der Waals surface area contributed by atoms with Gasteiger partial charge in [-0.15, -0.1) is 0 Å². The largest absolute Gasteiger partial charge is 0.444 e. The zero-order valence-electron chi connectivity index (χ0n) is 28.3. The Morgan fingerprint density at radius 3 is 2.45 bits per heavy atom. The molecule has 2 aromatic carbocycles. The first-order valence-electron chi connectivity index (χ1n) is 16.2. The van der Waals surface area contributed by atoms with Crippen LogP contribution < -0.4 is 5.32 Å². The average molecular weight is 684 g/mol. The van der Waals surface area contributed by atoms with Crippen LogP contribution in [0.15, 0.2) is 65.7 Å². The van der Waals surface area contributed by atoms with Crippen molar-refractivity contribution in [3.05, 3.63) is 94.3 Å². The number of nitriles is 1. The molecule has 2 unspecified atom stereocenters. The van der Waals surface area contributed by atoms with Crippen LogP contribution in [0.5, 0.6) is 0 Å². The van der Waals surface area contributed by atoms with E-state index in [-0.39, 0.29) is 66.4 Å². The highest BCUT2D eigenvalue weighted by atomic mass is 19.3. The lowest BCUT2D eigenvalue weighted by molar-refractivity contribution is -0.0214. The molecule has 4 rings (SSSR count). The van der Waals surface area contributed by atoms with Gasteiger partial charge in [-0.05, 0) is 98.9 Å². The van der Waals surface area contributed by atoms with Crippen LogP contribution in [-0.4, -0.2) is 36.6 Å². The topological polar surface area (TPSA) is 83.7 Å². The van der Waals surface area contributed by atoms with Gasteiger partial charge in [-0.3, -0.25) is 4.99 Å². The Kier molecular flexibility index (Phi) is 11.4. The van der Waals surface area contributed by atoms with Crippen molar-refractivity contribution in [2.45, 2.75) is 95.6 Å². The Hall–Kier alpha value is -4.46. The van der Waals surface area contributed by atoms with Crippen LogP contribution in [-0.2, 0) is 21.8 Å². The molecule has 1 fully saturated rings. The molecule has 262 valence electrons. The number of alkyl halides is 4. The van der Waals surface area contributed by atoms with E-state index in [0.717, 1.165) is 11.6 Å². The number of benzene rings is 2. The minimum Gasteiger partial charge on any atom is -0.444 e. The van der Waals surface area contributed by atoms with E-state index < -0.39 is 47.4 Å². The Balaban J connectivity index is 1.70. The van der Waals surface area contributed by atoms with E-state index in [2.05, 4.69) is 29.5 Å². The second-order valence-corrected chi connectivity index (χ2v) is 13.7. The molecular formula is C38H42F5N3O3. The first-order chi connectivity index (χ1) is 22.9. The summed E-state index contributed by atoms with van der Waals surface area (Å²) in [5.41, 5.74) is 0.190. The normalized spacial score (nSPS) is 20.8. The van der Waals surface area contributed by atoms with E-state index in [1.165, 1.54) is 19.2 Å². The number of hydrogen-bond acceptors (Lipinski definition) is 5. The minimum absolute atomic E-state index is 0.00681. The highest BCUT2D eigenvalue weighted by molar-refractivity contribution is 5.83. The van der Waals surface area contributed by atoms with Gasteiger partial charge < -0.3 is 14.8 Å². The van der Waals surface area contributed by atoms with E-state index in [1.807, 2.05) is 0 Å². The van der Waals surface area contributed by atoms with E-state index in [4.69, 9.17) is 9.47 Å². The molecule has 49 heavy (non-hydrogen) atoms. The first-order valence-corrected chi connectivity index (χ1v) is 16.2. The van der Waals surface area contributed by atoms with Gasteiger partial charge in [-0.1, -0.05) is 31.4 Å². The molecule has 11 heteroatoms. The zero-order chi connectivity index (χ0) is 36.1. The summed E-state index contributed by atoms with van der Waals surface area (Å²) in [4.78, 5) is 16.9. The molecule has 1 amide bonds. The van der Waals surface area contributed by atoms with Gasteiger partial charge in [-0.2, -0.15) is 5.26 Å². The number of aliphatic imine (C=N–C) groups is 1. The van der Waals surface area contributed by atoms with Gasteiger partial charge in [0.05, 0.1) is 23.2 Å². The molecule has 0 aromatic heterocycles. The molecule has 2 aliphatic carbocycles. The molecule has 0 bridgehead atoms. The third kappa shape index (κ3) is 10.0. The van der Waals surface area contributed by atoms with Crippen molar-refractivity contribution in [2.24, 2.45) is 10.9 Å². The van der Waals surface area contributed by atoms with E-state index in [9.17, 15) is 18.8 Å². The lowest BCUT2D eigenvalue weighted by Gasteiger charge is -2.32. The van der Waals surface area contributed by atoms with Gasteiger partial charge in [0.1, 0.15) is 17.2 Å². The van der Waals surface area contributed by atoms with Gasteiger partial charge in [0.15, 0.2) is 5.90 Å². The number of ether oxygens (including phenoxy) is 2. The van der Waals surface area contributed by atoms with Gasteiger partial charge in [0, 0.05) is 38.3 Å². The molecule has 0 radical (unpaired) electrons. The van der Waals surface area contributed by atoms with Crippen LogP contribution in [0, 0.1) is 23.1 Å². The van der Waals surface area contributed by atoms with Crippen LogP contribution in [0.3, 0.4) is 0 Å². The molecule has 0 aliphatic heterocycles. The molecule has 2 atom stereocenters. The SMILES string of the molecule is C=C(OC(CC1CCCC(F)(F)CC1)=NC)c1cc2c(cc1F)C(F)(F)CC(NC(=O)OC(C)(C)C)C(=C)C(Cc1ccc(C#N)cc1)=C2. The maximum absolute atomic E-state index is 16.0. The summed E-state index contributed by atoms with van der Waals surface area (Å²) >= 11 is 0. The zero-order valence-corrected chi connectivity index (χ0v) is 28.3. The number of hydrogen-bond donors (Lipinski definition) is 1. The number of halogens is 5. The van der Waals surface area contributed by atoms with Gasteiger partial charge in [0.2, 0.25) is 5.92 Å². The van der Waals surface area contributed by atoms with Crippen molar-refractivity contribution in [2.75, 3.05) is 7.05 Å². The molecule has 6 nitrogen and oxygen atoms in total. The summed E-state index contributed by atoms with van der Waals surface area (Å²) in [5, 5.41) is 11.7. The highest BCUT2D eigenvalue weighted by Crippen LogP contribution is 2.43. The second kappa shape index (κ2) is 15.0. The van der Waals surface area contributed by atoms with Crippen molar-refractivity contribution in [1.29, 1.82) is 5.26 Å². The lowest BCUT2D eigenvalue weighted by Crippen LogP contribution is -2.43. The lowest BCUT2D eigenvalue weighted by atomic mass is 9.83. The van der Waals surface area contributed by atoms with Crippen LogP contribution in [0.1, 0.15) is 93.5 Å². The second-order valence-electron chi connectivity index (χ2n) is 13.7. The smallest absolute Gasteiger partial charge is 0.408 e. The Morgan fingerprint density at radius 1 is 1.12 bits per heavy atom. The van der Waals surface area contributed by atoms with Crippen molar-refractivity contribution < 1.29 is 36.2 Å². The molecule has 0 saturated heterocycles. The predicted molar refractivity (Wildman–Crippen MR) is 180 cm³/mol. The van der Waals surface area contributed by atoms with Crippen LogP contribution >= 0.6 is 0 Å². The number of carbonyl (C=O) groups excluding carboxylic acids is 1. The monoisotopic (exact) mass is 683 g/mol. The summed E-state index contributed by atoms with van der Waals surface area (Å²) in [6.07, 6.45) is 0.878. The fourth-order valence-electron chi connectivity index (χ4n) is 6.06. The van der Waals surface area contributed by atoms with Gasteiger partial charge in [-0.25, -0.2) is 26.7 Å². The summed E-state index contributed by atoms with van der Waals surface area (Å²) in [5.74, 6) is -7.44. The van der Waals surface area contributed by atoms with Crippen molar-refractivity contribution in [3.63, 3.8) is 0 Å². The number of carbonyl (C=O) groups is 1. The van der Waals surface area contributed by atoms with E-state index >= 15 is 13.2 Å². The average Bonchev–Trinajstić information content (AvgIpc) is 3.18. The van der Waals surface area contributed by atoms with Crippen LogP contribution in [0.4, 0.5) is 26.7 Å². The van der Waals surface area contributed by atoms with Crippen molar-refractivity contribution in [3.8, 4) is 6.07 Å². The molecule has 0 heterocycles. The summed E-state index contributed by atoms with van der Waals surface area (Å²) < 4.78 is 86.7. The number of nitrogens with zero attached hydrogens (tertiary/aromatic N) is 2. The third-order valence-electron chi connectivity index (χ3n) is 8.65. The molecule has 1 saturated carbocycles. The molecular weight excluding hydrogens is 641 g/mol. The number of amides is 1. The number of fused-ring (bicyclic) bond motifs is 1. The number of rotatable bonds is 7. The fourth-order valence-corrected chi connectivity index (χ4v) is 6.06. The molecule has 2 aromatic rings. The quantitative estimate of drug-likeness (QED) is 0.104. The standard InChI is InChI=1S/C38H42F5N3O3/c1-23-28(16-26-9-11-27(22-44)12-10-26)18-29-19-30(24(2)48-34(45-6)17-25-8-7-14-37(40,41)15-13-25)32(39)20-31(29)38(42,43)21-33(23)46-35(47)49-36(3,4)5/h9-12,18-20,25,33H,1-2,7-8,13-17,21H2,3-6H3,(H,46,47). The van der Waals surface area contributed by atoms with Crippen molar-refractivity contribution >= 4 is 23.8 Å². The fraction of sp³-hybridized carbons (Fsp3) is 0.447. The minimum atomic E-state index is -3.62. The third-order valence-corrected chi connectivity index (χ3v) is 8.65. The first kappa shape index (κ1) is 37.4. The number of nitrogens with one attached hydrogen (secondary N) is 1. The van der Waals surface area contributed by atoms with Crippen molar-refractivity contribution in [1.82, 2.24) is 5.32 Å². The van der Waals surface area contributed by atoms with E-state index in [1.54, 1.807) is 45.0 Å². The van der Waals surface area contributed by atoms with E-state index in [0.29, 0.717) is 24.0 Å². The highest BCUT2D eigenvalue weighted by Gasteiger charge is 2.41. The number of alkyl carbamates (subject to hydrolysis) is 1. The van der Waals surface area contributed by atoms with Crippen LogP contribution in [0.25, 0.3) is 11.8 Å². The molecule has 1 N–H and O–H groups in total. The maximum Gasteiger partial charge on any atom is 0.408 e. The Labute approximate surface area is 284 Å². The summed E-state index contributed by atoms with van der Waals surface area (Å²) in [7, 11) is 1.47. The summed E-state index contributed by atoms with van der Waals surface area (Å²) in [6.45, 7) is 12.9. The Bertz CT molecular complexity index is 1680. The molecule has 2 aliphatic rings.